The summed E-state index contributed by atoms with van der Waals surface area (Å²) in [6.07, 6.45) is 8.62. The van der Waals surface area contributed by atoms with E-state index in [4.69, 9.17) is 0 Å². The molecule has 1 aliphatic heterocycles. The SMILES string of the molecule is Cn1ccnc(NCCN2CCCCCC2)c1=O. The standard InChI is InChI=1S/C13H22N4O/c1-16-10-6-14-12(13(16)18)15-7-11-17-8-4-2-3-5-9-17/h6,10H,2-5,7-9,11H2,1H3,(H,14,15). The highest BCUT2D eigenvalue weighted by molar-refractivity contribution is 5.30. The van der Waals surface area contributed by atoms with Crippen LogP contribution in [0.3, 0.4) is 0 Å². The monoisotopic (exact) mass is 250 g/mol. The number of hydrogen-bond donors (Lipinski definition) is 1. The first-order chi connectivity index (χ1) is 8.77. The molecule has 5 heteroatoms. The fourth-order valence-corrected chi connectivity index (χ4v) is 2.31. The molecular formula is C13H22N4O. The third kappa shape index (κ3) is 3.57. The quantitative estimate of drug-likeness (QED) is 0.868. The van der Waals surface area contributed by atoms with E-state index in [1.807, 2.05) is 0 Å². The van der Waals surface area contributed by atoms with Crippen LogP contribution < -0.4 is 10.9 Å². The summed E-state index contributed by atoms with van der Waals surface area (Å²) in [5.41, 5.74) is -0.0617. The van der Waals surface area contributed by atoms with Crippen molar-refractivity contribution < 1.29 is 0 Å². The molecule has 0 saturated carbocycles. The number of rotatable bonds is 4. The molecule has 0 atom stereocenters. The molecule has 1 aliphatic rings. The Kier molecular flexibility index (Phi) is 4.75. The average Bonchev–Trinajstić information content (AvgIpc) is 2.63. The minimum Gasteiger partial charge on any atom is -0.364 e. The van der Waals surface area contributed by atoms with Crippen molar-refractivity contribution in [2.45, 2.75) is 25.7 Å². The Hall–Kier alpha value is -1.36. The van der Waals surface area contributed by atoms with Crippen molar-refractivity contribution in [3.8, 4) is 0 Å². The molecule has 100 valence electrons. The van der Waals surface area contributed by atoms with Crippen molar-refractivity contribution in [3.05, 3.63) is 22.7 Å². The Morgan fingerprint density at radius 1 is 1.28 bits per heavy atom. The Labute approximate surface area is 108 Å². The second-order valence-electron chi connectivity index (χ2n) is 4.87. The molecule has 0 spiro atoms. The topological polar surface area (TPSA) is 50.2 Å². The van der Waals surface area contributed by atoms with E-state index in [0.29, 0.717) is 5.82 Å². The number of aryl methyl sites for hydroxylation is 1. The van der Waals surface area contributed by atoms with Crippen molar-refractivity contribution >= 4 is 5.82 Å². The van der Waals surface area contributed by atoms with Crippen LogP contribution in [0.1, 0.15) is 25.7 Å². The molecular weight excluding hydrogens is 228 g/mol. The lowest BCUT2D eigenvalue weighted by Crippen LogP contribution is -2.31. The smallest absolute Gasteiger partial charge is 0.293 e. The third-order valence-corrected chi connectivity index (χ3v) is 3.44. The predicted molar refractivity (Wildman–Crippen MR) is 72.9 cm³/mol. The molecule has 18 heavy (non-hydrogen) atoms. The van der Waals surface area contributed by atoms with Gasteiger partial charge in [-0.25, -0.2) is 4.98 Å². The maximum absolute atomic E-state index is 11.7. The number of nitrogens with zero attached hydrogens (tertiary/aromatic N) is 3. The van der Waals surface area contributed by atoms with Gasteiger partial charge < -0.3 is 14.8 Å². The van der Waals surface area contributed by atoms with Crippen LogP contribution in [-0.2, 0) is 7.05 Å². The van der Waals surface area contributed by atoms with Gasteiger partial charge in [0.1, 0.15) is 0 Å². The number of anilines is 1. The highest BCUT2D eigenvalue weighted by Crippen LogP contribution is 2.08. The second kappa shape index (κ2) is 6.54. The summed E-state index contributed by atoms with van der Waals surface area (Å²) in [5.74, 6) is 0.454. The molecule has 2 rings (SSSR count). The fraction of sp³-hybridized carbons (Fsp3) is 0.692. The van der Waals surface area contributed by atoms with Gasteiger partial charge in [0.25, 0.3) is 5.56 Å². The molecule has 0 bridgehead atoms. The molecule has 0 unspecified atom stereocenters. The van der Waals surface area contributed by atoms with Crippen LogP contribution in [-0.4, -0.2) is 40.6 Å². The predicted octanol–water partition coefficient (Wildman–Crippen LogP) is 1.07. The van der Waals surface area contributed by atoms with Crippen LogP contribution in [0, 0.1) is 0 Å². The van der Waals surface area contributed by atoms with Gasteiger partial charge in [-0.3, -0.25) is 4.79 Å². The van der Waals surface area contributed by atoms with Crippen molar-refractivity contribution in [1.82, 2.24) is 14.5 Å². The zero-order valence-electron chi connectivity index (χ0n) is 11.1. The highest BCUT2D eigenvalue weighted by Gasteiger charge is 2.08. The van der Waals surface area contributed by atoms with Crippen molar-refractivity contribution in [2.75, 3.05) is 31.5 Å². The molecule has 2 heterocycles. The molecule has 5 nitrogen and oxygen atoms in total. The summed E-state index contributed by atoms with van der Waals surface area (Å²) in [6.45, 7) is 4.13. The largest absolute Gasteiger partial charge is 0.364 e. The Bertz CT molecular complexity index is 421. The third-order valence-electron chi connectivity index (χ3n) is 3.44. The first-order valence-electron chi connectivity index (χ1n) is 6.75. The van der Waals surface area contributed by atoms with E-state index < -0.39 is 0 Å². The van der Waals surface area contributed by atoms with Crippen molar-refractivity contribution in [2.24, 2.45) is 7.05 Å². The zero-order valence-corrected chi connectivity index (χ0v) is 11.1. The van der Waals surface area contributed by atoms with E-state index in [1.165, 1.54) is 38.8 Å². The average molecular weight is 250 g/mol. The summed E-state index contributed by atoms with van der Waals surface area (Å²) in [6, 6.07) is 0. The van der Waals surface area contributed by atoms with Crippen LogP contribution >= 0.6 is 0 Å². The molecule has 0 amide bonds. The van der Waals surface area contributed by atoms with Crippen LogP contribution in [0.2, 0.25) is 0 Å². The highest BCUT2D eigenvalue weighted by atomic mass is 16.1. The molecule has 1 aromatic heterocycles. The number of likely N-dealkylation sites (tertiary alicyclic amines) is 1. The van der Waals surface area contributed by atoms with Gasteiger partial charge in [0.15, 0.2) is 5.82 Å². The van der Waals surface area contributed by atoms with Gasteiger partial charge in [0.05, 0.1) is 0 Å². The van der Waals surface area contributed by atoms with Crippen LogP contribution in [0.25, 0.3) is 0 Å². The molecule has 0 radical (unpaired) electrons. The van der Waals surface area contributed by atoms with Crippen LogP contribution in [0.15, 0.2) is 17.2 Å². The van der Waals surface area contributed by atoms with E-state index in [9.17, 15) is 4.79 Å². The summed E-state index contributed by atoms with van der Waals surface area (Å²) in [4.78, 5) is 18.3. The Morgan fingerprint density at radius 2 is 2.00 bits per heavy atom. The van der Waals surface area contributed by atoms with Gasteiger partial charge in [-0.05, 0) is 25.9 Å². The van der Waals surface area contributed by atoms with E-state index in [1.54, 1.807) is 24.0 Å². The zero-order chi connectivity index (χ0) is 12.8. The molecule has 1 N–H and O–H groups in total. The minimum atomic E-state index is -0.0617. The van der Waals surface area contributed by atoms with Gasteiger partial charge >= 0.3 is 0 Å². The first kappa shape index (κ1) is 13.1. The Balaban J connectivity index is 1.81. The van der Waals surface area contributed by atoms with Gasteiger partial charge in [0, 0.05) is 32.5 Å². The maximum Gasteiger partial charge on any atom is 0.293 e. The van der Waals surface area contributed by atoms with Gasteiger partial charge in [0.2, 0.25) is 0 Å². The van der Waals surface area contributed by atoms with Crippen LogP contribution in [0.5, 0.6) is 0 Å². The molecule has 1 aromatic rings. The van der Waals surface area contributed by atoms with Crippen molar-refractivity contribution in [1.29, 1.82) is 0 Å². The van der Waals surface area contributed by atoms with E-state index in [2.05, 4.69) is 15.2 Å². The number of nitrogens with one attached hydrogen (secondary N) is 1. The normalized spacial score (nSPS) is 17.4. The minimum absolute atomic E-state index is 0.0617. The maximum atomic E-state index is 11.7. The molecule has 1 saturated heterocycles. The summed E-state index contributed by atoms with van der Waals surface area (Å²) in [5, 5.41) is 3.14. The summed E-state index contributed by atoms with van der Waals surface area (Å²) < 4.78 is 1.54. The number of hydrogen-bond acceptors (Lipinski definition) is 4. The van der Waals surface area contributed by atoms with Gasteiger partial charge in [-0.1, -0.05) is 12.8 Å². The summed E-state index contributed by atoms with van der Waals surface area (Å²) in [7, 11) is 1.74. The van der Waals surface area contributed by atoms with Gasteiger partial charge in [-0.15, -0.1) is 0 Å². The lowest BCUT2D eigenvalue weighted by atomic mass is 10.2. The second-order valence-corrected chi connectivity index (χ2v) is 4.87. The lowest BCUT2D eigenvalue weighted by Gasteiger charge is -2.19. The van der Waals surface area contributed by atoms with E-state index in [0.717, 1.165) is 13.1 Å². The molecule has 0 aliphatic carbocycles. The number of aromatic nitrogens is 2. The lowest BCUT2D eigenvalue weighted by molar-refractivity contribution is 0.296. The van der Waals surface area contributed by atoms with Gasteiger partial charge in [-0.2, -0.15) is 0 Å². The van der Waals surface area contributed by atoms with Crippen molar-refractivity contribution in [3.63, 3.8) is 0 Å². The summed E-state index contributed by atoms with van der Waals surface area (Å²) >= 11 is 0. The Morgan fingerprint density at radius 3 is 2.72 bits per heavy atom. The molecule has 0 aromatic carbocycles. The van der Waals surface area contributed by atoms with E-state index in [-0.39, 0.29) is 5.56 Å². The molecule has 1 fully saturated rings. The fourth-order valence-electron chi connectivity index (χ4n) is 2.31. The first-order valence-corrected chi connectivity index (χ1v) is 6.75. The van der Waals surface area contributed by atoms with Crippen LogP contribution in [0.4, 0.5) is 5.82 Å². The van der Waals surface area contributed by atoms with E-state index >= 15 is 0 Å².